The summed E-state index contributed by atoms with van der Waals surface area (Å²) in [6.45, 7) is 3.20. The van der Waals surface area contributed by atoms with Crippen molar-refractivity contribution in [1.82, 2.24) is 9.21 Å². The highest BCUT2D eigenvalue weighted by atomic mass is 35.5. The summed E-state index contributed by atoms with van der Waals surface area (Å²) in [7, 11) is -3.17. The summed E-state index contributed by atoms with van der Waals surface area (Å²) in [5.74, 6) is -0.0827. The molecule has 1 aliphatic heterocycles. The second kappa shape index (κ2) is 4.23. The number of alkyl halides is 2. The van der Waals surface area contributed by atoms with Crippen LogP contribution in [-0.2, 0) is 14.8 Å². The van der Waals surface area contributed by atoms with Gasteiger partial charge < -0.3 is 4.90 Å². The third-order valence-electron chi connectivity index (χ3n) is 3.72. The molecule has 1 saturated heterocycles. The second-order valence-corrected chi connectivity index (χ2v) is 8.63. The van der Waals surface area contributed by atoms with E-state index in [9.17, 15) is 13.2 Å². The molecule has 0 bridgehead atoms. The van der Waals surface area contributed by atoms with Crippen LogP contribution in [0, 0.1) is 5.41 Å². The topological polar surface area (TPSA) is 57.7 Å². The lowest BCUT2D eigenvalue weighted by molar-refractivity contribution is -0.137. The summed E-state index contributed by atoms with van der Waals surface area (Å²) in [6.07, 6.45) is 1.63. The summed E-state index contributed by atoms with van der Waals surface area (Å²) < 4.78 is 23.1. The van der Waals surface area contributed by atoms with Crippen molar-refractivity contribution in [1.29, 1.82) is 0 Å². The molecule has 104 valence electrons. The van der Waals surface area contributed by atoms with Crippen molar-refractivity contribution in [3.63, 3.8) is 0 Å². The zero-order valence-corrected chi connectivity index (χ0v) is 12.6. The van der Waals surface area contributed by atoms with Crippen LogP contribution in [0.1, 0.15) is 13.3 Å². The monoisotopic (exact) mass is 314 g/mol. The van der Waals surface area contributed by atoms with Crippen molar-refractivity contribution >= 4 is 39.1 Å². The highest BCUT2D eigenvalue weighted by Gasteiger charge is 2.68. The highest BCUT2D eigenvalue weighted by Crippen LogP contribution is 2.64. The van der Waals surface area contributed by atoms with Crippen LogP contribution in [0.25, 0.3) is 0 Å². The lowest BCUT2D eigenvalue weighted by atomic mass is 10.1. The number of rotatable bonds is 2. The van der Waals surface area contributed by atoms with Gasteiger partial charge in [0, 0.05) is 26.2 Å². The first kappa shape index (κ1) is 14.4. The molecular formula is C10H16Cl2N2O3S. The molecule has 1 heterocycles. The maximum absolute atomic E-state index is 12.2. The summed E-state index contributed by atoms with van der Waals surface area (Å²) >= 11 is 12.0. The van der Waals surface area contributed by atoms with Crippen LogP contribution >= 0.6 is 23.2 Å². The fraction of sp³-hybridized carbons (Fsp3) is 0.900. The Kier molecular flexibility index (Phi) is 3.38. The Morgan fingerprint density at radius 1 is 1.17 bits per heavy atom. The second-order valence-electron chi connectivity index (χ2n) is 5.17. The average Bonchev–Trinajstić information content (AvgIpc) is 2.77. The normalized spacial score (nSPS) is 32.3. The zero-order chi connectivity index (χ0) is 13.8. The van der Waals surface area contributed by atoms with E-state index in [1.54, 1.807) is 11.8 Å². The Hall–Kier alpha value is -0.0400. The molecule has 0 aromatic heterocycles. The highest BCUT2D eigenvalue weighted by molar-refractivity contribution is 7.88. The molecule has 0 aromatic rings. The average molecular weight is 315 g/mol. The molecule has 18 heavy (non-hydrogen) atoms. The SMILES string of the molecule is C[C@]1(C(=O)N2CCN(S(C)(=O)=O)CC2)CC1(Cl)Cl. The standard InChI is InChI=1S/C10H16Cl2N2O3S/c1-9(7-10(9,11)12)8(15)13-3-5-14(6-4-13)18(2,16)17/h3-7H2,1-2H3/t9-/m1/s1. The molecule has 1 saturated carbocycles. The fourth-order valence-electron chi connectivity index (χ4n) is 2.20. The van der Waals surface area contributed by atoms with E-state index in [-0.39, 0.29) is 5.91 Å². The molecule has 1 atom stereocenters. The Balaban J connectivity index is 1.98. The van der Waals surface area contributed by atoms with Crippen LogP contribution < -0.4 is 0 Å². The smallest absolute Gasteiger partial charge is 0.231 e. The van der Waals surface area contributed by atoms with Crippen LogP contribution in [0.3, 0.4) is 0 Å². The number of sulfonamides is 1. The van der Waals surface area contributed by atoms with Crippen molar-refractivity contribution in [2.24, 2.45) is 5.41 Å². The molecule has 2 rings (SSSR count). The quantitative estimate of drug-likeness (QED) is 0.704. The number of piperazine rings is 1. The minimum atomic E-state index is -3.17. The van der Waals surface area contributed by atoms with Crippen LogP contribution in [0.4, 0.5) is 0 Å². The van der Waals surface area contributed by atoms with Gasteiger partial charge in [-0.15, -0.1) is 23.2 Å². The van der Waals surface area contributed by atoms with Crippen molar-refractivity contribution in [2.45, 2.75) is 17.7 Å². The molecular weight excluding hydrogens is 299 g/mol. The Labute approximate surface area is 117 Å². The number of carbonyl (C=O) groups is 1. The summed E-state index contributed by atoms with van der Waals surface area (Å²) in [5, 5.41) is 0. The van der Waals surface area contributed by atoms with Crippen molar-refractivity contribution in [3.8, 4) is 0 Å². The van der Waals surface area contributed by atoms with Gasteiger partial charge in [-0.1, -0.05) is 0 Å². The summed E-state index contributed by atoms with van der Waals surface area (Å²) in [5.41, 5.74) is -0.719. The van der Waals surface area contributed by atoms with E-state index in [0.717, 1.165) is 0 Å². The number of hydrogen-bond donors (Lipinski definition) is 0. The fourth-order valence-corrected chi connectivity index (χ4v) is 3.73. The molecule has 1 aliphatic carbocycles. The largest absolute Gasteiger partial charge is 0.339 e. The zero-order valence-electron chi connectivity index (χ0n) is 10.3. The summed E-state index contributed by atoms with van der Waals surface area (Å²) in [6, 6.07) is 0. The first-order valence-electron chi connectivity index (χ1n) is 5.70. The Morgan fingerprint density at radius 3 is 1.94 bits per heavy atom. The van der Waals surface area contributed by atoms with E-state index in [0.29, 0.717) is 32.6 Å². The number of amides is 1. The van der Waals surface area contributed by atoms with Gasteiger partial charge in [-0.3, -0.25) is 4.79 Å². The maximum atomic E-state index is 12.2. The Morgan fingerprint density at radius 2 is 1.61 bits per heavy atom. The van der Waals surface area contributed by atoms with E-state index in [1.807, 2.05) is 0 Å². The van der Waals surface area contributed by atoms with Crippen LogP contribution in [0.2, 0.25) is 0 Å². The molecule has 8 heteroatoms. The molecule has 1 amide bonds. The molecule has 2 fully saturated rings. The van der Waals surface area contributed by atoms with Gasteiger partial charge in [0.15, 0.2) is 0 Å². The summed E-state index contributed by atoms with van der Waals surface area (Å²) in [4.78, 5) is 13.9. The Bertz CT molecular complexity index is 472. The molecule has 0 radical (unpaired) electrons. The van der Waals surface area contributed by atoms with E-state index in [4.69, 9.17) is 23.2 Å². The maximum Gasteiger partial charge on any atom is 0.231 e. The number of hydrogen-bond acceptors (Lipinski definition) is 3. The number of carbonyl (C=O) groups excluding carboxylic acids is 1. The van der Waals surface area contributed by atoms with Gasteiger partial charge >= 0.3 is 0 Å². The molecule has 5 nitrogen and oxygen atoms in total. The van der Waals surface area contributed by atoms with Crippen molar-refractivity contribution in [3.05, 3.63) is 0 Å². The molecule has 0 spiro atoms. The number of halogens is 2. The van der Waals surface area contributed by atoms with Gasteiger partial charge in [-0.2, -0.15) is 4.31 Å². The lowest BCUT2D eigenvalue weighted by Crippen LogP contribution is -2.52. The lowest BCUT2D eigenvalue weighted by Gasteiger charge is -2.35. The minimum Gasteiger partial charge on any atom is -0.339 e. The first-order valence-corrected chi connectivity index (χ1v) is 8.31. The molecule has 2 aliphatic rings. The predicted octanol–water partition coefficient (Wildman–Crippen LogP) is 0.674. The van der Waals surface area contributed by atoms with Gasteiger partial charge in [0.05, 0.1) is 11.7 Å². The molecule has 0 N–H and O–H groups in total. The van der Waals surface area contributed by atoms with Crippen LogP contribution in [-0.4, -0.2) is 60.3 Å². The van der Waals surface area contributed by atoms with Gasteiger partial charge in [-0.25, -0.2) is 8.42 Å². The van der Waals surface area contributed by atoms with E-state index in [1.165, 1.54) is 10.6 Å². The third-order valence-corrected chi connectivity index (χ3v) is 6.13. The minimum absolute atomic E-state index is 0.0827. The van der Waals surface area contributed by atoms with Crippen LogP contribution in [0.5, 0.6) is 0 Å². The predicted molar refractivity (Wildman–Crippen MR) is 70.2 cm³/mol. The van der Waals surface area contributed by atoms with E-state index >= 15 is 0 Å². The van der Waals surface area contributed by atoms with Crippen molar-refractivity contribution in [2.75, 3.05) is 32.4 Å². The van der Waals surface area contributed by atoms with Crippen molar-refractivity contribution < 1.29 is 13.2 Å². The first-order chi connectivity index (χ1) is 8.08. The van der Waals surface area contributed by atoms with Crippen LogP contribution in [0.15, 0.2) is 0 Å². The van der Waals surface area contributed by atoms with Gasteiger partial charge in [0.2, 0.25) is 15.9 Å². The molecule has 0 aromatic carbocycles. The van der Waals surface area contributed by atoms with Gasteiger partial charge in [0.25, 0.3) is 0 Å². The van der Waals surface area contributed by atoms with Gasteiger partial charge in [-0.05, 0) is 13.3 Å². The van der Waals surface area contributed by atoms with E-state index in [2.05, 4.69) is 0 Å². The molecule has 0 unspecified atom stereocenters. The van der Waals surface area contributed by atoms with Gasteiger partial charge in [0.1, 0.15) is 4.33 Å². The van der Waals surface area contributed by atoms with E-state index < -0.39 is 19.8 Å². The third kappa shape index (κ3) is 2.35. The number of nitrogens with zero attached hydrogens (tertiary/aromatic N) is 2.